The Hall–Kier alpha value is -1.36. The molecule has 5 heteroatoms. The Morgan fingerprint density at radius 3 is 2.64 bits per heavy atom. The van der Waals surface area contributed by atoms with Crippen molar-refractivity contribution in [3.05, 3.63) is 17.2 Å². The van der Waals surface area contributed by atoms with Crippen LogP contribution in [0.2, 0.25) is 0 Å². The van der Waals surface area contributed by atoms with E-state index in [1.54, 1.807) is 6.92 Å². The molecule has 0 bridgehead atoms. The van der Waals surface area contributed by atoms with Gasteiger partial charge in [0, 0.05) is 5.69 Å². The van der Waals surface area contributed by atoms with Gasteiger partial charge in [0.2, 0.25) is 5.82 Å². The largest absolute Gasteiger partial charge is 0.475 e. The van der Waals surface area contributed by atoms with Crippen LogP contribution in [0.3, 0.4) is 0 Å². The number of aliphatic hydroxyl groups is 1. The summed E-state index contributed by atoms with van der Waals surface area (Å²) in [4.78, 5) is 16.5. The zero-order valence-corrected chi connectivity index (χ0v) is 5.96. The zero-order valence-electron chi connectivity index (χ0n) is 5.96. The molecule has 3 N–H and O–H groups in total. The highest BCUT2D eigenvalue weighted by Crippen LogP contribution is 2.03. The van der Waals surface area contributed by atoms with Crippen LogP contribution in [0, 0.1) is 6.92 Å². The molecule has 0 fully saturated rings. The van der Waals surface area contributed by atoms with Gasteiger partial charge in [-0.25, -0.2) is 9.78 Å². The van der Waals surface area contributed by atoms with Gasteiger partial charge in [0.25, 0.3) is 0 Å². The van der Waals surface area contributed by atoms with Crippen molar-refractivity contribution in [3.63, 3.8) is 0 Å². The first kappa shape index (κ1) is 7.74. The smallest absolute Gasteiger partial charge is 0.371 e. The summed E-state index contributed by atoms with van der Waals surface area (Å²) >= 11 is 0. The van der Waals surface area contributed by atoms with Crippen molar-refractivity contribution in [2.45, 2.75) is 13.5 Å². The second-order valence-corrected chi connectivity index (χ2v) is 2.12. The van der Waals surface area contributed by atoms with Crippen molar-refractivity contribution < 1.29 is 15.0 Å². The predicted octanol–water partition coefficient (Wildman–Crippen LogP) is -0.0914. The number of rotatable bonds is 2. The Morgan fingerprint density at radius 1 is 1.73 bits per heavy atom. The van der Waals surface area contributed by atoms with E-state index < -0.39 is 5.97 Å². The maximum absolute atomic E-state index is 10.3. The normalized spacial score (nSPS) is 10.0. The van der Waals surface area contributed by atoms with Gasteiger partial charge >= 0.3 is 5.97 Å². The molecule has 0 spiro atoms. The molecule has 1 aromatic heterocycles. The van der Waals surface area contributed by atoms with Gasteiger partial charge in [0.05, 0.1) is 12.3 Å². The molecule has 11 heavy (non-hydrogen) atoms. The maximum Gasteiger partial charge on any atom is 0.371 e. The first-order valence-electron chi connectivity index (χ1n) is 3.04. The second kappa shape index (κ2) is 2.71. The highest BCUT2D eigenvalue weighted by atomic mass is 16.4. The van der Waals surface area contributed by atoms with Gasteiger partial charge in [-0.05, 0) is 6.92 Å². The van der Waals surface area contributed by atoms with Crippen LogP contribution in [0.25, 0.3) is 0 Å². The highest BCUT2D eigenvalue weighted by Gasteiger charge is 2.10. The third-order valence-electron chi connectivity index (χ3n) is 1.34. The number of aliphatic hydroxyl groups excluding tert-OH is 1. The van der Waals surface area contributed by atoms with Crippen LogP contribution >= 0.6 is 0 Å². The minimum atomic E-state index is -1.12. The van der Waals surface area contributed by atoms with E-state index in [9.17, 15) is 4.79 Å². The first-order valence-corrected chi connectivity index (χ1v) is 3.04. The van der Waals surface area contributed by atoms with Crippen LogP contribution in [-0.4, -0.2) is 26.2 Å². The quantitative estimate of drug-likeness (QED) is 0.558. The number of aryl methyl sites for hydroxylation is 1. The molecule has 0 radical (unpaired) electrons. The lowest BCUT2D eigenvalue weighted by atomic mass is 10.4. The summed E-state index contributed by atoms with van der Waals surface area (Å²) in [6.45, 7) is 1.42. The summed E-state index contributed by atoms with van der Waals surface area (Å²) in [6.07, 6.45) is 0. The molecule has 0 aliphatic rings. The van der Waals surface area contributed by atoms with E-state index in [-0.39, 0.29) is 12.4 Å². The molecule has 5 nitrogen and oxygen atoms in total. The lowest BCUT2D eigenvalue weighted by Gasteiger charge is -1.85. The van der Waals surface area contributed by atoms with Crippen LogP contribution in [0.1, 0.15) is 22.0 Å². The number of nitrogens with one attached hydrogen (secondary N) is 1. The van der Waals surface area contributed by atoms with E-state index >= 15 is 0 Å². The van der Waals surface area contributed by atoms with Crippen LogP contribution in [0.15, 0.2) is 0 Å². The molecule has 0 amide bonds. The molecule has 0 saturated heterocycles. The molecule has 60 valence electrons. The van der Waals surface area contributed by atoms with Gasteiger partial charge in [0.1, 0.15) is 0 Å². The first-order chi connectivity index (χ1) is 5.15. The second-order valence-electron chi connectivity index (χ2n) is 2.12. The minimum Gasteiger partial charge on any atom is -0.475 e. The fourth-order valence-corrected chi connectivity index (χ4v) is 0.752. The monoisotopic (exact) mass is 156 g/mol. The number of carbonyl (C=O) groups is 1. The summed E-state index contributed by atoms with van der Waals surface area (Å²) in [6, 6.07) is 0. The topological polar surface area (TPSA) is 86.2 Å². The molecule has 0 saturated carbocycles. The zero-order chi connectivity index (χ0) is 8.43. The Kier molecular flexibility index (Phi) is 1.91. The molecular formula is C6H8N2O3. The lowest BCUT2D eigenvalue weighted by Crippen LogP contribution is -1.98. The number of aromatic amines is 1. The number of hydrogen-bond acceptors (Lipinski definition) is 3. The third-order valence-corrected chi connectivity index (χ3v) is 1.34. The molecule has 0 aliphatic heterocycles. The van der Waals surface area contributed by atoms with Crippen LogP contribution in [0.5, 0.6) is 0 Å². The predicted molar refractivity (Wildman–Crippen MR) is 36.2 cm³/mol. The molecule has 1 rings (SSSR count). The van der Waals surface area contributed by atoms with E-state index in [0.29, 0.717) is 11.4 Å². The number of carboxylic acids is 1. The van der Waals surface area contributed by atoms with Crippen molar-refractivity contribution in [2.75, 3.05) is 0 Å². The van der Waals surface area contributed by atoms with Crippen molar-refractivity contribution in [3.8, 4) is 0 Å². The number of carboxylic acid groups (broad SMARTS) is 1. The van der Waals surface area contributed by atoms with Crippen molar-refractivity contribution in [1.29, 1.82) is 0 Å². The van der Waals surface area contributed by atoms with Gasteiger partial charge in [-0.1, -0.05) is 0 Å². The van der Waals surface area contributed by atoms with Crippen molar-refractivity contribution in [2.24, 2.45) is 0 Å². The van der Waals surface area contributed by atoms with E-state index in [1.807, 2.05) is 0 Å². The Morgan fingerprint density at radius 2 is 2.36 bits per heavy atom. The molecule has 0 aromatic carbocycles. The van der Waals surface area contributed by atoms with Gasteiger partial charge < -0.3 is 15.2 Å². The van der Waals surface area contributed by atoms with Gasteiger partial charge in [-0.3, -0.25) is 0 Å². The van der Waals surface area contributed by atoms with Crippen molar-refractivity contribution >= 4 is 5.97 Å². The number of imidazole rings is 1. The number of hydrogen-bond donors (Lipinski definition) is 3. The maximum atomic E-state index is 10.3. The molecule has 0 aliphatic carbocycles. The van der Waals surface area contributed by atoms with Crippen molar-refractivity contribution in [1.82, 2.24) is 9.97 Å². The molecule has 0 unspecified atom stereocenters. The number of nitrogens with zero attached hydrogens (tertiary/aromatic N) is 1. The van der Waals surface area contributed by atoms with Gasteiger partial charge in [-0.2, -0.15) is 0 Å². The van der Waals surface area contributed by atoms with E-state index in [2.05, 4.69) is 9.97 Å². The number of aromatic nitrogens is 2. The third kappa shape index (κ3) is 1.38. The van der Waals surface area contributed by atoms with E-state index in [4.69, 9.17) is 10.2 Å². The average Bonchev–Trinajstić information content (AvgIpc) is 2.31. The van der Waals surface area contributed by atoms with Crippen LogP contribution in [0.4, 0.5) is 0 Å². The SMILES string of the molecule is Cc1[nH]c(C(=O)O)nc1CO. The van der Waals surface area contributed by atoms with Crippen LogP contribution < -0.4 is 0 Å². The Bertz CT molecular complexity index is 279. The fourth-order valence-electron chi connectivity index (χ4n) is 0.752. The van der Waals surface area contributed by atoms with E-state index in [1.165, 1.54) is 0 Å². The summed E-state index contributed by atoms with van der Waals surface area (Å²) in [7, 11) is 0. The average molecular weight is 156 g/mol. The lowest BCUT2D eigenvalue weighted by molar-refractivity contribution is 0.0684. The molecule has 0 atom stereocenters. The van der Waals surface area contributed by atoms with E-state index in [0.717, 1.165) is 0 Å². The summed E-state index contributed by atoms with van der Waals surface area (Å²) < 4.78 is 0. The number of aromatic carboxylic acids is 1. The van der Waals surface area contributed by atoms with Gasteiger partial charge in [-0.15, -0.1) is 0 Å². The summed E-state index contributed by atoms with van der Waals surface area (Å²) in [5.74, 6) is -1.25. The molecular weight excluding hydrogens is 148 g/mol. The Balaban J connectivity index is 3.05. The van der Waals surface area contributed by atoms with Crippen LogP contribution in [-0.2, 0) is 6.61 Å². The van der Waals surface area contributed by atoms with Gasteiger partial charge in [0.15, 0.2) is 0 Å². The molecule has 1 heterocycles. The standard InChI is InChI=1S/C6H8N2O3/c1-3-4(2-9)8-5(7-3)6(10)11/h9H,2H2,1H3,(H,7,8)(H,10,11). The minimum absolute atomic E-state index is 0.133. The fraction of sp³-hybridized carbons (Fsp3) is 0.333. The summed E-state index contributed by atoms with van der Waals surface area (Å²) in [5.41, 5.74) is 0.965. The summed E-state index contributed by atoms with van der Waals surface area (Å²) in [5, 5.41) is 17.1. The number of H-pyrrole nitrogens is 1. The highest BCUT2D eigenvalue weighted by molar-refractivity contribution is 5.83. The molecule has 1 aromatic rings. The Labute approximate surface area is 62.7 Å².